The fourth-order valence-electron chi connectivity index (χ4n) is 1.36. The fourth-order valence-corrected chi connectivity index (χ4v) is 1.36. The average Bonchev–Trinajstić information content (AvgIpc) is 3.08. The van der Waals surface area contributed by atoms with E-state index in [1.807, 2.05) is 0 Å². The molecule has 0 atom stereocenters. The van der Waals surface area contributed by atoms with E-state index in [0.29, 0.717) is 11.3 Å². The molecular formula is C10H8N8. The zero-order valence-corrected chi connectivity index (χ0v) is 9.15. The maximum atomic E-state index is 3.96. The van der Waals surface area contributed by atoms with Crippen LogP contribution in [-0.4, -0.2) is 39.9 Å². The van der Waals surface area contributed by atoms with Gasteiger partial charge in [-0.25, -0.2) is 29.9 Å². The Bertz CT molecular complexity index is 632. The average molecular weight is 240 g/mol. The predicted octanol–water partition coefficient (Wildman–Crippen LogP) is 0.706. The predicted molar refractivity (Wildman–Crippen MR) is 63.4 cm³/mol. The quantitative estimate of drug-likeness (QED) is 0.468. The van der Waals surface area contributed by atoms with Gasteiger partial charge in [-0.05, 0) is 0 Å². The van der Waals surface area contributed by atoms with Crippen LogP contribution in [0.25, 0.3) is 22.6 Å². The maximum Gasteiger partial charge on any atom is 0.197 e. The molecule has 0 unspecified atom stereocenters. The molecule has 88 valence electrons. The van der Waals surface area contributed by atoms with Crippen LogP contribution in [0.15, 0.2) is 37.4 Å². The van der Waals surface area contributed by atoms with Crippen LogP contribution in [0.3, 0.4) is 0 Å². The third-order valence-electron chi connectivity index (χ3n) is 2.13. The van der Waals surface area contributed by atoms with Crippen LogP contribution in [0.4, 0.5) is 0 Å². The van der Waals surface area contributed by atoms with E-state index in [2.05, 4.69) is 39.9 Å². The summed E-state index contributed by atoms with van der Waals surface area (Å²) in [4.78, 5) is 29.2. The molecule has 4 rings (SSSR count). The van der Waals surface area contributed by atoms with E-state index in [4.69, 9.17) is 0 Å². The van der Waals surface area contributed by atoms with Crippen LogP contribution in [-0.2, 0) is 0 Å². The minimum Gasteiger partial charge on any atom is -0.328 e. The van der Waals surface area contributed by atoms with Gasteiger partial charge in [0.25, 0.3) is 0 Å². The van der Waals surface area contributed by atoms with Crippen molar-refractivity contribution in [2.24, 2.45) is 0 Å². The standard InChI is InChI=1S/2C5H4N4/c2*1-2-7-5-4(6-1)8-3-9-5/h2*1-3H,(H,6,7,8,9). The fraction of sp³-hybridized carbons (Fsp3) is 0. The molecule has 4 heterocycles. The van der Waals surface area contributed by atoms with Gasteiger partial charge in [0.2, 0.25) is 0 Å². The molecule has 0 saturated heterocycles. The van der Waals surface area contributed by atoms with Gasteiger partial charge in [0.15, 0.2) is 22.6 Å². The van der Waals surface area contributed by atoms with Crippen molar-refractivity contribution >= 4 is 22.6 Å². The molecule has 0 fully saturated rings. The number of H-pyrrole nitrogens is 2. The first-order chi connectivity index (χ1) is 8.93. The lowest BCUT2D eigenvalue weighted by Crippen LogP contribution is -1.77. The van der Waals surface area contributed by atoms with E-state index in [0.717, 1.165) is 11.3 Å². The van der Waals surface area contributed by atoms with Crippen molar-refractivity contribution in [3.05, 3.63) is 37.4 Å². The maximum absolute atomic E-state index is 3.96. The van der Waals surface area contributed by atoms with E-state index in [1.165, 1.54) is 0 Å². The summed E-state index contributed by atoms with van der Waals surface area (Å²) in [7, 11) is 0. The summed E-state index contributed by atoms with van der Waals surface area (Å²) in [6.07, 6.45) is 9.63. The van der Waals surface area contributed by atoms with E-state index >= 15 is 0 Å². The topological polar surface area (TPSA) is 109 Å². The highest BCUT2D eigenvalue weighted by Gasteiger charge is 1.92. The van der Waals surface area contributed by atoms with Crippen molar-refractivity contribution in [3.8, 4) is 0 Å². The first-order valence-corrected chi connectivity index (χ1v) is 5.13. The van der Waals surface area contributed by atoms with Crippen LogP contribution < -0.4 is 0 Å². The molecule has 8 heteroatoms. The Hall–Kier alpha value is -2.90. The number of hydrogen-bond acceptors (Lipinski definition) is 6. The molecular weight excluding hydrogens is 232 g/mol. The third kappa shape index (κ3) is 1.98. The molecule has 4 aromatic heterocycles. The number of hydrogen-bond donors (Lipinski definition) is 2. The Labute approximate surface area is 101 Å². The molecule has 0 spiro atoms. The lowest BCUT2D eigenvalue weighted by atomic mass is 10.7. The van der Waals surface area contributed by atoms with Crippen molar-refractivity contribution in [3.63, 3.8) is 0 Å². The summed E-state index contributed by atoms with van der Waals surface area (Å²) in [5.41, 5.74) is 2.80. The molecule has 2 N–H and O–H groups in total. The van der Waals surface area contributed by atoms with Gasteiger partial charge in [0.1, 0.15) is 0 Å². The Morgan fingerprint density at radius 3 is 1.44 bits per heavy atom. The number of nitrogens with zero attached hydrogens (tertiary/aromatic N) is 6. The van der Waals surface area contributed by atoms with Gasteiger partial charge in [-0.1, -0.05) is 0 Å². The molecule has 0 radical (unpaired) electrons. The first-order valence-electron chi connectivity index (χ1n) is 5.13. The second-order valence-corrected chi connectivity index (χ2v) is 3.26. The molecule has 0 amide bonds. The summed E-state index contributed by atoms with van der Waals surface area (Å²) in [6.45, 7) is 0. The molecule has 18 heavy (non-hydrogen) atoms. The van der Waals surface area contributed by atoms with Gasteiger partial charge in [-0.3, -0.25) is 0 Å². The van der Waals surface area contributed by atoms with E-state index < -0.39 is 0 Å². The summed E-state index contributed by atoms with van der Waals surface area (Å²) >= 11 is 0. The lowest BCUT2D eigenvalue weighted by molar-refractivity contribution is 1.26. The van der Waals surface area contributed by atoms with Crippen LogP contribution >= 0.6 is 0 Å². The van der Waals surface area contributed by atoms with Crippen LogP contribution in [0, 0.1) is 0 Å². The second-order valence-electron chi connectivity index (χ2n) is 3.26. The molecule has 0 aromatic carbocycles. The normalized spacial score (nSPS) is 10.2. The van der Waals surface area contributed by atoms with Crippen molar-refractivity contribution in [2.75, 3.05) is 0 Å². The smallest absolute Gasteiger partial charge is 0.197 e. The first kappa shape index (κ1) is 10.3. The monoisotopic (exact) mass is 240 g/mol. The molecule has 8 nitrogen and oxygen atoms in total. The van der Waals surface area contributed by atoms with E-state index in [-0.39, 0.29) is 0 Å². The number of aromatic nitrogens is 8. The number of aromatic amines is 2. The number of fused-ring (bicyclic) bond motifs is 2. The summed E-state index contributed by atoms with van der Waals surface area (Å²) in [6, 6.07) is 0. The van der Waals surface area contributed by atoms with Crippen molar-refractivity contribution in [2.45, 2.75) is 0 Å². The highest BCUT2D eigenvalue weighted by Crippen LogP contribution is 1.97. The van der Waals surface area contributed by atoms with Crippen LogP contribution in [0.2, 0.25) is 0 Å². The molecule has 0 saturated carbocycles. The van der Waals surface area contributed by atoms with Gasteiger partial charge in [-0.2, -0.15) is 0 Å². The van der Waals surface area contributed by atoms with Crippen molar-refractivity contribution in [1.82, 2.24) is 39.9 Å². The molecule has 0 bridgehead atoms. The minimum atomic E-state index is 0.664. The van der Waals surface area contributed by atoms with Gasteiger partial charge in [-0.15, -0.1) is 0 Å². The van der Waals surface area contributed by atoms with Crippen molar-refractivity contribution < 1.29 is 0 Å². The summed E-state index contributed by atoms with van der Waals surface area (Å²) < 4.78 is 0. The zero-order chi connectivity index (χ0) is 12.2. The van der Waals surface area contributed by atoms with Crippen LogP contribution in [0.5, 0.6) is 0 Å². The van der Waals surface area contributed by atoms with Crippen molar-refractivity contribution in [1.29, 1.82) is 0 Å². The molecule has 4 aromatic rings. The van der Waals surface area contributed by atoms with Gasteiger partial charge in [0.05, 0.1) is 12.7 Å². The minimum absolute atomic E-state index is 0.664. The molecule has 0 aliphatic rings. The van der Waals surface area contributed by atoms with Crippen LogP contribution in [0.1, 0.15) is 0 Å². The van der Waals surface area contributed by atoms with E-state index in [9.17, 15) is 0 Å². The lowest BCUT2D eigenvalue weighted by Gasteiger charge is -1.80. The Morgan fingerprint density at radius 2 is 1.00 bits per heavy atom. The molecule has 0 aliphatic heterocycles. The summed E-state index contributed by atoms with van der Waals surface area (Å²) in [5.74, 6) is 0. The largest absolute Gasteiger partial charge is 0.328 e. The second kappa shape index (κ2) is 4.53. The Balaban J connectivity index is 0.000000111. The highest BCUT2D eigenvalue weighted by molar-refractivity contribution is 5.63. The van der Waals surface area contributed by atoms with E-state index in [1.54, 1.807) is 37.4 Å². The highest BCUT2D eigenvalue weighted by atomic mass is 15.0. The zero-order valence-electron chi connectivity index (χ0n) is 9.15. The Morgan fingerprint density at radius 1 is 0.556 bits per heavy atom. The van der Waals surface area contributed by atoms with Gasteiger partial charge < -0.3 is 9.97 Å². The number of imidazole rings is 2. The Kier molecular flexibility index (Phi) is 2.59. The number of rotatable bonds is 0. The third-order valence-corrected chi connectivity index (χ3v) is 2.13. The number of nitrogens with one attached hydrogen (secondary N) is 2. The van der Waals surface area contributed by atoms with Gasteiger partial charge >= 0.3 is 0 Å². The summed E-state index contributed by atoms with van der Waals surface area (Å²) in [5, 5.41) is 0. The SMILES string of the molecule is c1cnc2[nH]cnc2n1.c1cnc2[nH]cnc2n1. The van der Waals surface area contributed by atoms with Gasteiger partial charge in [0, 0.05) is 24.8 Å². The molecule has 0 aliphatic carbocycles.